The summed E-state index contributed by atoms with van der Waals surface area (Å²) in [4.78, 5) is 10.2. The first-order valence-electron chi connectivity index (χ1n) is 20.9. The Balaban J connectivity index is 0.991. The lowest BCUT2D eigenvalue weighted by Gasteiger charge is -2.34. The average Bonchev–Trinajstić information content (AvgIpc) is 3.66. The Morgan fingerprint density at radius 1 is 0.262 bits per heavy atom. The van der Waals surface area contributed by atoms with Crippen molar-refractivity contribution in [2.45, 2.75) is 5.41 Å². The summed E-state index contributed by atoms with van der Waals surface area (Å²) in [5.41, 5.74) is 19.2. The van der Waals surface area contributed by atoms with Crippen molar-refractivity contribution in [1.82, 2.24) is 9.97 Å². The van der Waals surface area contributed by atoms with Crippen LogP contribution in [-0.4, -0.2) is 9.97 Å². The zero-order chi connectivity index (χ0) is 40.6. The first kappa shape index (κ1) is 36.2. The molecule has 1 aromatic heterocycles. The summed E-state index contributed by atoms with van der Waals surface area (Å²) in [5.74, 6) is 0.700. The third-order valence-electron chi connectivity index (χ3n) is 12.2. The molecule has 0 spiro atoms. The van der Waals surface area contributed by atoms with Gasteiger partial charge in [-0.3, -0.25) is 0 Å². The number of nitrogens with zero attached hydrogens (tertiary/aromatic N) is 2. The van der Waals surface area contributed by atoms with E-state index in [1.807, 2.05) is 12.1 Å². The van der Waals surface area contributed by atoms with Crippen molar-refractivity contribution in [3.63, 3.8) is 0 Å². The van der Waals surface area contributed by atoms with Gasteiger partial charge < -0.3 is 0 Å². The van der Waals surface area contributed by atoms with E-state index in [0.29, 0.717) is 5.82 Å². The van der Waals surface area contributed by atoms with Crippen molar-refractivity contribution < 1.29 is 0 Å². The number of rotatable bonds is 8. The van der Waals surface area contributed by atoms with Crippen LogP contribution >= 0.6 is 0 Å². The van der Waals surface area contributed by atoms with Crippen molar-refractivity contribution in [1.29, 1.82) is 0 Å². The summed E-state index contributed by atoms with van der Waals surface area (Å²) in [6.07, 6.45) is 0. The van der Waals surface area contributed by atoms with E-state index in [9.17, 15) is 0 Å². The zero-order valence-corrected chi connectivity index (χ0v) is 33.5. The molecule has 0 bridgehead atoms. The van der Waals surface area contributed by atoms with Crippen LogP contribution in [0.25, 0.3) is 78.4 Å². The number of hydrogen-bond acceptors (Lipinski definition) is 2. The van der Waals surface area contributed by atoms with Gasteiger partial charge in [0.15, 0.2) is 5.82 Å². The Bertz CT molecular complexity index is 3080. The normalized spacial score (nSPS) is 12.4. The Labute approximate surface area is 357 Å². The van der Waals surface area contributed by atoms with Gasteiger partial charge in [0, 0.05) is 16.7 Å². The molecule has 0 amide bonds. The van der Waals surface area contributed by atoms with Gasteiger partial charge in [-0.25, -0.2) is 9.97 Å². The maximum atomic E-state index is 5.11. The molecule has 0 atom stereocenters. The van der Waals surface area contributed by atoms with Gasteiger partial charge in [0.05, 0.1) is 16.8 Å². The minimum Gasteiger partial charge on any atom is -0.228 e. The van der Waals surface area contributed by atoms with Gasteiger partial charge in [0.2, 0.25) is 0 Å². The summed E-state index contributed by atoms with van der Waals surface area (Å²) >= 11 is 0. The number of hydrogen-bond donors (Lipinski definition) is 0. The second-order valence-electron chi connectivity index (χ2n) is 15.7. The highest BCUT2D eigenvalue weighted by molar-refractivity contribution is 5.96. The van der Waals surface area contributed by atoms with E-state index < -0.39 is 5.41 Å². The number of aromatic nitrogens is 2. The van der Waals surface area contributed by atoms with Crippen LogP contribution < -0.4 is 0 Å². The maximum Gasteiger partial charge on any atom is 0.160 e. The van der Waals surface area contributed by atoms with Gasteiger partial charge in [0.25, 0.3) is 0 Å². The topological polar surface area (TPSA) is 25.8 Å². The van der Waals surface area contributed by atoms with E-state index in [1.54, 1.807) is 0 Å². The van der Waals surface area contributed by atoms with Crippen molar-refractivity contribution in [2.24, 2.45) is 0 Å². The molecule has 0 radical (unpaired) electrons. The van der Waals surface area contributed by atoms with Crippen LogP contribution in [0.4, 0.5) is 0 Å². The minimum atomic E-state index is -0.443. The van der Waals surface area contributed by atoms with Crippen LogP contribution in [0.3, 0.4) is 0 Å². The largest absolute Gasteiger partial charge is 0.228 e. The summed E-state index contributed by atoms with van der Waals surface area (Å²) in [6, 6.07) is 87.1. The van der Waals surface area contributed by atoms with Crippen LogP contribution in [0.1, 0.15) is 22.3 Å². The third-order valence-corrected chi connectivity index (χ3v) is 12.2. The summed E-state index contributed by atoms with van der Waals surface area (Å²) in [7, 11) is 0. The Kier molecular flexibility index (Phi) is 9.09. The molecule has 2 heteroatoms. The molecular weight excluding hydrogens is 737 g/mol. The second-order valence-corrected chi connectivity index (χ2v) is 15.7. The van der Waals surface area contributed by atoms with Gasteiger partial charge >= 0.3 is 0 Å². The molecule has 9 aromatic carbocycles. The van der Waals surface area contributed by atoms with Crippen molar-refractivity contribution >= 4 is 0 Å². The monoisotopic (exact) mass is 776 g/mol. The van der Waals surface area contributed by atoms with E-state index in [4.69, 9.17) is 9.97 Å². The molecule has 0 N–H and O–H groups in total. The third kappa shape index (κ3) is 6.37. The first-order valence-corrected chi connectivity index (χ1v) is 20.9. The smallest absolute Gasteiger partial charge is 0.160 e. The molecule has 11 rings (SSSR count). The van der Waals surface area contributed by atoms with Crippen LogP contribution in [0, 0.1) is 0 Å². The van der Waals surface area contributed by atoms with Crippen LogP contribution in [-0.2, 0) is 5.41 Å². The van der Waals surface area contributed by atoms with Crippen molar-refractivity contribution in [3.05, 3.63) is 265 Å². The second kappa shape index (κ2) is 15.3. The lowest BCUT2D eigenvalue weighted by atomic mass is 9.67. The summed E-state index contributed by atoms with van der Waals surface area (Å²) in [5, 5.41) is 0. The van der Waals surface area contributed by atoms with E-state index in [-0.39, 0.29) is 0 Å². The molecule has 0 unspecified atom stereocenters. The van der Waals surface area contributed by atoms with Gasteiger partial charge in [-0.1, -0.05) is 218 Å². The van der Waals surface area contributed by atoms with Gasteiger partial charge in [-0.05, 0) is 91.0 Å². The molecule has 10 aromatic rings. The molecule has 1 heterocycles. The molecule has 0 fully saturated rings. The highest BCUT2D eigenvalue weighted by Gasteiger charge is 2.46. The van der Waals surface area contributed by atoms with Crippen LogP contribution in [0.2, 0.25) is 0 Å². The van der Waals surface area contributed by atoms with Crippen LogP contribution in [0.15, 0.2) is 243 Å². The van der Waals surface area contributed by atoms with E-state index in [0.717, 1.165) is 44.8 Å². The average molecular weight is 777 g/mol. The standard InChI is InChI=1S/C59H40N2/c1-5-19-41(20-6-1)55-40-56(42-21-7-2-8-22-42)61-58(60-55)48-28-17-26-46(39-48)44-24-15-23-43(37-44)45-25-16-27-47(38-45)51-34-18-36-54-57(51)52-33-13-14-35-53(52)59(54,49-29-9-3-10-30-49)50-31-11-4-12-32-50/h1-40H. The van der Waals surface area contributed by atoms with Crippen molar-refractivity contribution in [2.75, 3.05) is 0 Å². The SMILES string of the molecule is c1ccc(-c2cc(-c3ccccc3)nc(-c3cccc(-c4cccc(-c5cccc(-c6cccc7c6-c6ccccc6C7(c6ccccc6)c6ccccc6)c5)c4)c3)n2)cc1. The highest BCUT2D eigenvalue weighted by Crippen LogP contribution is 2.58. The fraction of sp³-hybridized carbons (Fsp3) is 0.0169. The molecule has 0 saturated carbocycles. The zero-order valence-electron chi connectivity index (χ0n) is 33.5. The molecular formula is C59H40N2. The van der Waals surface area contributed by atoms with E-state index >= 15 is 0 Å². The van der Waals surface area contributed by atoms with E-state index in [1.165, 1.54) is 50.1 Å². The summed E-state index contributed by atoms with van der Waals surface area (Å²) in [6.45, 7) is 0. The highest BCUT2D eigenvalue weighted by atomic mass is 14.9. The predicted octanol–water partition coefficient (Wildman–Crippen LogP) is 14.8. The molecule has 0 saturated heterocycles. The van der Waals surface area contributed by atoms with E-state index in [2.05, 4.69) is 231 Å². The lowest BCUT2D eigenvalue weighted by molar-refractivity contribution is 0.768. The Morgan fingerprint density at radius 2 is 0.639 bits per heavy atom. The fourth-order valence-electron chi connectivity index (χ4n) is 9.41. The minimum absolute atomic E-state index is 0.443. The molecule has 2 nitrogen and oxygen atoms in total. The van der Waals surface area contributed by atoms with Gasteiger partial charge in [-0.15, -0.1) is 0 Å². The Morgan fingerprint density at radius 3 is 1.20 bits per heavy atom. The quantitative estimate of drug-likeness (QED) is 0.154. The maximum absolute atomic E-state index is 5.11. The molecule has 61 heavy (non-hydrogen) atoms. The number of fused-ring (bicyclic) bond motifs is 3. The number of benzene rings is 9. The molecule has 286 valence electrons. The first-order chi connectivity index (χ1) is 30.2. The molecule has 1 aliphatic rings. The van der Waals surface area contributed by atoms with Crippen LogP contribution in [0.5, 0.6) is 0 Å². The van der Waals surface area contributed by atoms with Gasteiger partial charge in [-0.2, -0.15) is 0 Å². The fourth-order valence-corrected chi connectivity index (χ4v) is 9.41. The molecule has 0 aliphatic heterocycles. The predicted molar refractivity (Wildman–Crippen MR) is 252 cm³/mol. The van der Waals surface area contributed by atoms with Crippen molar-refractivity contribution in [3.8, 4) is 78.4 Å². The Hall–Kier alpha value is -7.94. The van der Waals surface area contributed by atoms with Gasteiger partial charge in [0.1, 0.15) is 0 Å². The lowest BCUT2D eigenvalue weighted by Crippen LogP contribution is -2.28. The molecule has 1 aliphatic carbocycles. The summed E-state index contributed by atoms with van der Waals surface area (Å²) < 4.78 is 0.